The molecule has 0 aromatic carbocycles. The average Bonchev–Trinajstić information content (AvgIpc) is 2.75. The van der Waals surface area contributed by atoms with Crippen LogP contribution in [0.3, 0.4) is 0 Å². The number of aliphatic hydroxyl groups is 1. The topological polar surface area (TPSA) is 57.2 Å². The van der Waals surface area contributed by atoms with E-state index in [1.807, 2.05) is 13.8 Å². The molecular formula is C11H18O5. The van der Waals surface area contributed by atoms with E-state index < -0.39 is 5.79 Å². The van der Waals surface area contributed by atoms with E-state index in [-0.39, 0.29) is 36.6 Å². The van der Waals surface area contributed by atoms with Crippen LogP contribution in [0.1, 0.15) is 20.3 Å². The third-order valence-electron chi connectivity index (χ3n) is 3.76. The molecule has 0 bridgehead atoms. The fraction of sp³-hybridized carbons (Fsp3) is 1.00. The molecule has 0 aromatic heterocycles. The van der Waals surface area contributed by atoms with Crippen molar-refractivity contribution in [2.75, 3.05) is 13.7 Å². The first kappa shape index (κ1) is 10.9. The lowest BCUT2D eigenvalue weighted by molar-refractivity contribution is -0.235. The van der Waals surface area contributed by atoms with E-state index in [0.717, 1.165) is 6.42 Å². The summed E-state index contributed by atoms with van der Waals surface area (Å²) in [6.45, 7) is 3.91. The van der Waals surface area contributed by atoms with Crippen LogP contribution in [0.5, 0.6) is 0 Å². The Morgan fingerprint density at radius 2 is 2.06 bits per heavy atom. The minimum absolute atomic E-state index is 0.121. The number of aliphatic hydroxyl groups excluding tert-OH is 1. The Kier molecular flexibility index (Phi) is 2.17. The smallest absolute Gasteiger partial charge is 0.186 e. The first-order chi connectivity index (χ1) is 7.52. The molecule has 1 aliphatic carbocycles. The van der Waals surface area contributed by atoms with Crippen LogP contribution in [0.25, 0.3) is 0 Å². The molecule has 2 aliphatic heterocycles. The molecule has 16 heavy (non-hydrogen) atoms. The normalized spacial score (nSPS) is 53.2. The number of hydrogen-bond donors (Lipinski definition) is 1. The van der Waals surface area contributed by atoms with Gasteiger partial charge in [0.25, 0.3) is 0 Å². The SMILES string of the molecule is CO[C@@H]1O[C@]2(C[C@H]2CO)[C@H]2OC(C)(C)O[C@@H]12. The second-order valence-corrected chi connectivity index (χ2v) is 5.28. The standard InChI is InChI=1S/C11H18O5/c1-10(2)14-7-8(15-10)11(4-6(11)5-12)16-9(7)13-3/h6-9,12H,4-5H2,1-3H3/t6-,7+,8-,9+,11-/m0/s1. The van der Waals surface area contributed by atoms with E-state index >= 15 is 0 Å². The second-order valence-electron chi connectivity index (χ2n) is 5.28. The van der Waals surface area contributed by atoms with Gasteiger partial charge in [0.05, 0.1) is 0 Å². The largest absolute Gasteiger partial charge is 0.396 e. The summed E-state index contributed by atoms with van der Waals surface area (Å²) in [5, 5.41) is 9.22. The van der Waals surface area contributed by atoms with Crippen LogP contribution in [0.15, 0.2) is 0 Å². The predicted octanol–water partition coefficient (Wildman–Crippen LogP) is 0.260. The van der Waals surface area contributed by atoms with Gasteiger partial charge in [-0.3, -0.25) is 0 Å². The third kappa shape index (κ3) is 1.29. The maximum absolute atomic E-state index is 9.22. The van der Waals surface area contributed by atoms with Crippen LogP contribution >= 0.6 is 0 Å². The molecule has 1 spiro atoms. The molecule has 0 aromatic rings. The van der Waals surface area contributed by atoms with E-state index in [4.69, 9.17) is 18.9 Å². The van der Waals surface area contributed by atoms with Gasteiger partial charge in [0.1, 0.15) is 17.8 Å². The summed E-state index contributed by atoms with van der Waals surface area (Å²) < 4.78 is 22.8. The van der Waals surface area contributed by atoms with Crippen LogP contribution in [0, 0.1) is 5.92 Å². The van der Waals surface area contributed by atoms with Crippen LogP contribution in [0.2, 0.25) is 0 Å². The average molecular weight is 230 g/mol. The van der Waals surface area contributed by atoms with E-state index in [2.05, 4.69) is 0 Å². The zero-order valence-corrected chi connectivity index (χ0v) is 9.80. The maximum atomic E-state index is 9.22. The molecule has 1 saturated carbocycles. The third-order valence-corrected chi connectivity index (χ3v) is 3.76. The van der Waals surface area contributed by atoms with Crippen LogP contribution in [0.4, 0.5) is 0 Å². The molecule has 3 rings (SSSR count). The highest BCUT2D eigenvalue weighted by atomic mass is 16.8. The molecule has 3 aliphatic rings. The lowest BCUT2D eigenvalue weighted by atomic mass is 10.1. The summed E-state index contributed by atoms with van der Waals surface area (Å²) in [5.74, 6) is -0.441. The molecule has 1 N–H and O–H groups in total. The van der Waals surface area contributed by atoms with Gasteiger partial charge in [-0.25, -0.2) is 0 Å². The zero-order valence-electron chi connectivity index (χ0n) is 9.80. The van der Waals surface area contributed by atoms with E-state index in [1.54, 1.807) is 7.11 Å². The Bertz CT molecular complexity index is 305. The van der Waals surface area contributed by atoms with Gasteiger partial charge < -0.3 is 24.1 Å². The molecule has 2 heterocycles. The molecule has 5 atom stereocenters. The van der Waals surface area contributed by atoms with Crippen LogP contribution < -0.4 is 0 Å². The summed E-state index contributed by atoms with van der Waals surface area (Å²) in [5.41, 5.74) is -0.381. The number of rotatable bonds is 2. The first-order valence-corrected chi connectivity index (χ1v) is 5.69. The van der Waals surface area contributed by atoms with Gasteiger partial charge >= 0.3 is 0 Å². The minimum Gasteiger partial charge on any atom is -0.396 e. The minimum atomic E-state index is -0.592. The first-order valence-electron chi connectivity index (χ1n) is 5.69. The Hall–Kier alpha value is -0.200. The number of hydrogen-bond acceptors (Lipinski definition) is 5. The van der Waals surface area contributed by atoms with Crippen molar-refractivity contribution in [3.63, 3.8) is 0 Å². The van der Waals surface area contributed by atoms with E-state index in [1.165, 1.54) is 0 Å². The van der Waals surface area contributed by atoms with Crippen molar-refractivity contribution in [2.45, 2.75) is 50.2 Å². The van der Waals surface area contributed by atoms with Gasteiger partial charge in [-0.1, -0.05) is 0 Å². The van der Waals surface area contributed by atoms with E-state index in [9.17, 15) is 5.11 Å². The molecule has 2 saturated heterocycles. The van der Waals surface area contributed by atoms with Crippen molar-refractivity contribution in [1.29, 1.82) is 0 Å². The number of methoxy groups -OCH3 is 1. The summed E-state index contributed by atoms with van der Waals surface area (Å²) in [4.78, 5) is 0. The monoisotopic (exact) mass is 230 g/mol. The van der Waals surface area contributed by atoms with Crippen molar-refractivity contribution < 1.29 is 24.1 Å². The van der Waals surface area contributed by atoms with Crippen molar-refractivity contribution >= 4 is 0 Å². The lowest BCUT2D eigenvalue weighted by Crippen LogP contribution is -2.33. The van der Waals surface area contributed by atoms with Gasteiger partial charge in [-0.2, -0.15) is 0 Å². The maximum Gasteiger partial charge on any atom is 0.186 e. The summed E-state index contributed by atoms with van der Waals surface area (Å²) >= 11 is 0. The summed E-state index contributed by atoms with van der Waals surface area (Å²) in [7, 11) is 1.60. The van der Waals surface area contributed by atoms with Gasteiger partial charge in [-0.15, -0.1) is 0 Å². The molecule has 5 nitrogen and oxygen atoms in total. The Morgan fingerprint density at radius 3 is 2.62 bits per heavy atom. The molecule has 0 amide bonds. The highest BCUT2D eigenvalue weighted by Gasteiger charge is 2.73. The predicted molar refractivity (Wildman–Crippen MR) is 53.6 cm³/mol. The zero-order chi connectivity index (χ0) is 11.6. The fourth-order valence-electron chi connectivity index (χ4n) is 2.94. The molecule has 92 valence electrons. The quantitative estimate of drug-likeness (QED) is 0.737. The summed E-state index contributed by atoms with van der Waals surface area (Å²) in [6, 6.07) is 0. The molecular weight excluding hydrogens is 212 g/mol. The summed E-state index contributed by atoms with van der Waals surface area (Å²) in [6.07, 6.45) is 0.133. The van der Waals surface area contributed by atoms with Gasteiger partial charge in [0.15, 0.2) is 12.1 Å². The van der Waals surface area contributed by atoms with Crippen molar-refractivity contribution in [3.8, 4) is 0 Å². The number of ether oxygens (including phenoxy) is 4. The van der Waals surface area contributed by atoms with E-state index in [0.29, 0.717) is 0 Å². The van der Waals surface area contributed by atoms with Crippen molar-refractivity contribution in [1.82, 2.24) is 0 Å². The second kappa shape index (κ2) is 3.17. The Morgan fingerprint density at radius 1 is 1.31 bits per heavy atom. The van der Waals surface area contributed by atoms with Crippen LogP contribution in [-0.2, 0) is 18.9 Å². The molecule has 0 radical (unpaired) electrons. The van der Waals surface area contributed by atoms with Gasteiger partial charge in [0, 0.05) is 19.6 Å². The lowest BCUT2D eigenvalue weighted by Gasteiger charge is -2.23. The molecule has 5 heteroatoms. The van der Waals surface area contributed by atoms with Gasteiger partial charge in [0.2, 0.25) is 0 Å². The fourth-order valence-corrected chi connectivity index (χ4v) is 2.94. The highest BCUT2D eigenvalue weighted by Crippen LogP contribution is 2.59. The Labute approximate surface area is 94.6 Å². The van der Waals surface area contributed by atoms with Crippen molar-refractivity contribution in [2.24, 2.45) is 5.92 Å². The van der Waals surface area contributed by atoms with Crippen LogP contribution in [-0.4, -0.2) is 48.7 Å². The van der Waals surface area contributed by atoms with Gasteiger partial charge in [-0.05, 0) is 20.3 Å². The molecule has 3 fully saturated rings. The van der Waals surface area contributed by atoms with Crippen molar-refractivity contribution in [3.05, 3.63) is 0 Å². The highest BCUT2D eigenvalue weighted by molar-refractivity contribution is 5.18. The molecule has 0 unspecified atom stereocenters. The Balaban J connectivity index is 1.85. The number of fused-ring (bicyclic) bond motifs is 2.